The Morgan fingerprint density at radius 3 is 1.48 bits per heavy atom. The van der Waals surface area contributed by atoms with Crippen molar-refractivity contribution in [3.05, 3.63) is 65.3 Å². The van der Waals surface area contributed by atoms with Gasteiger partial charge in [-0.05, 0) is 0 Å². The van der Waals surface area contributed by atoms with Crippen LogP contribution in [0.15, 0.2) is 65.3 Å². The Hall–Kier alpha value is -0.0969. The Morgan fingerprint density at radius 1 is 0.783 bits per heavy atom. The summed E-state index contributed by atoms with van der Waals surface area (Å²) in [5, 5.41) is 0. The molecule has 0 atom stereocenters. The van der Waals surface area contributed by atoms with E-state index in [1.165, 1.54) is 12.8 Å². The van der Waals surface area contributed by atoms with Crippen LogP contribution in [0.5, 0.6) is 0 Å². The maximum atomic E-state index is 2.55. The number of halogens is 2. The molecule has 0 saturated carbocycles. The third kappa shape index (κ3) is 3.22. The summed E-state index contributed by atoms with van der Waals surface area (Å²) in [6.45, 7) is 12.0. The van der Waals surface area contributed by atoms with E-state index in [1.807, 2.05) is 0 Å². The van der Waals surface area contributed by atoms with Gasteiger partial charge < -0.3 is 24.8 Å². The molecule has 0 radical (unpaired) electrons. The number of hydrogen-bond donors (Lipinski definition) is 0. The van der Waals surface area contributed by atoms with Gasteiger partial charge in [0.05, 0.1) is 0 Å². The summed E-state index contributed by atoms with van der Waals surface area (Å²) in [6.07, 6.45) is 16.5. The van der Waals surface area contributed by atoms with E-state index in [0.717, 1.165) is 0 Å². The topological polar surface area (TPSA) is 0 Å². The molecule has 0 aromatic rings. The molecule has 0 amide bonds. The average Bonchev–Trinajstić information content (AvgIpc) is 3.19. The number of allylic oxidation sites excluding steroid dienone is 12. The van der Waals surface area contributed by atoms with Crippen molar-refractivity contribution < 1.29 is 46.6 Å². The molecule has 3 rings (SSSR count). The zero-order chi connectivity index (χ0) is 15.2. The predicted molar refractivity (Wildman–Crippen MR) is 88.8 cm³/mol. The first kappa shape index (κ1) is 20.9. The Kier molecular flexibility index (Phi) is 7.15. The molecule has 0 heterocycles. The molecule has 0 nitrogen and oxygen atoms in total. The Bertz CT molecular complexity index is 618. The minimum atomic E-state index is -1.94. The molecule has 0 unspecified atom stereocenters. The van der Waals surface area contributed by atoms with Gasteiger partial charge in [-0.2, -0.15) is 0 Å². The molecule has 0 aromatic carbocycles. The maximum absolute atomic E-state index is 2.55. The fourth-order valence-electron chi connectivity index (χ4n) is 4.08. The van der Waals surface area contributed by atoms with Crippen LogP contribution in [-0.2, 0) is 21.8 Å². The van der Waals surface area contributed by atoms with Gasteiger partial charge >= 0.3 is 138 Å². The van der Waals surface area contributed by atoms with Crippen LogP contribution < -0.4 is 24.8 Å². The summed E-state index contributed by atoms with van der Waals surface area (Å²) in [7, 11) is 0. The van der Waals surface area contributed by atoms with E-state index in [4.69, 9.17) is 0 Å². The van der Waals surface area contributed by atoms with Crippen LogP contribution in [-0.4, -0.2) is 0 Å². The number of rotatable bonds is 3. The molecule has 0 spiro atoms. The van der Waals surface area contributed by atoms with Gasteiger partial charge in [-0.15, -0.1) is 0 Å². The first-order valence-corrected chi connectivity index (χ1v) is 11.6. The molecule has 0 aromatic heterocycles. The second kappa shape index (κ2) is 7.86. The summed E-state index contributed by atoms with van der Waals surface area (Å²) < 4.78 is 3.89. The molecule has 23 heavy (non-hydrogen) atoms. The first-order valence-electron chi connectivity index (χ1n) is 7.93. The second-order valence-electron chi connectivity index (χ2n) is 6.65. The molecule has 3 heteroatoms. The van der Waals surface area contributed by atoms with Gasteiger partial charge in [-0.25, -0.2) is 0 Å². The van der Waals surface area contributed by atoms with Gasteiger partial charge in [0.15, 0.2) is 0 Å². The maximum Gasteiger partial charge on any atom is -1.00 e. The molecule has 123 valence electrons. The first-order chi connectivity index (χ1) is 9.98. The molecular weight excluding hydrogens is 402 g/mol. The second-order valence-corrected chi connectivity index (χ2v) is 14.1. The van der Waals surface area contributed by atoms with Gasteiger partial charge in [0.25, 0.3) is 0 Å². The third-order valence-corrected chi connectivity index (χ3v) is 15.2. The van der Waals surface area contributed by atoms with Crippen molar-refractivity contribution in [3.63, 3.8) is 0 Å². The zero-order valence-corrected chi connectivity index (χ0v) is 18.6. The largest absolute Gasteiger partial charge is 1.00 e. The van der Waals surface area contributed by atoms with E-state index in [9.17, 15) is 0 Å². The monoisotopic (exact) mass is 425 g/mol. The minimum absolute atomic E-state index is 0. The summed E-state index contributed by atoms with van der Waals surface area (Å²) in [5.74, 6) is 0. The van der Waals surface area contributed by atoms with Crippen LogP contribution in [0.4, 0.5) is 0 Å². The molecule has 0 aliphatic heterocycles. The van der Waals surface area contributed by atoms with Crippen molar-refractivity contribution in [1.82, 2.24) is 0 Å². The van der Waals surface area contributed by atoms with Crippen molar-refractivity contribution in [1.29, 1.82) is 0 Å². The molecule has 0 saturated heterocycles. The van der Waals surface area contributed by atoms with Gasteiger partial charge in [0.2, 0.25) is 0 Å². The van der Waals surface area contributed by atoms with Crippen molar-refractivity contribution in [2.24, 2.45) is 0 Å². The van der Waals surface area contributed by atoms with E-state index in [2.05, 4.69) is 71.1 Å². The third-order valence-electron chi connectivity index (χ3n) is 5.87. The van der Waals surface area contributed by atoms with Crippen LogP contribution >= 0.6 is 0 Å². The number of hydrogen-bond acceptors (Lipinski definition) is 0. The van der Waals surface area contributed by atoms with Crippen LogP contribution in [0.1, 0.15) is 47.5 Å². The summed E-state index contributed by atoms with van der Waals surface area (Å²) in [6, 6.07) is 0. The SMILES string of the molecule is CC1=C(C)[C](C)([Zr+2]([C]2=CC=CC2)[C]2=CC=CC2)C(C)=C1C.[Cl-].[Cl-]. The van der Waals surface area contributed by atoms with E-state index in [1.54, 1.807) is 28.9 Å². The molecule has 3 aliphatic rings. The van der Waals surface area contributed by atoms with E-state index >= 15 is 0 Å². The molecular formula is C20H25Cl2Zr. The smallest absolute Gasteiger partial charge is 1.00 e. The van der Waals surface area contributed by atoms with Crippen LogP contribution in [0.2, 0.25) is 3.12 Å². The normalized spacial score (nSPS) is 21.3. The quantitative estimate of drug-likeness (QED) is 0.602. The van der Waals surface area contributed by atoms with Crippen molar-refractivity contribution >= 4 is 0 Å². The van der Waals surface area contributed by atoms with Crippen molar-refractivity contribution in [3.8, 4) is 0 Å². The van der Waals surface area contributed by atoms with Gasteiger partial charge in [0.1, 0.15) is 0 Å². The van der Waals surface area contributed by atoms with E-state index in [-0.39, 0.29) is 24.8 Å². The Morgan fingerprint density at radius 2 is 1.17 bits per heavy atom. The van der Waals surface area contributed by atoms with Gasteiger partial charge in [0, 0.05) is 0 Å². The summed E-state index contributed by atoms with van der Waals surface area (Å²) in [5.41, 5.74) is 6.39. The summed E-state index contributed by atoms with van der Waals surface area (Å²) >= 11 is -1.94. The van der Waals surface area contributed by atoms with Gasteiger partial charge in [-0.1, -0.05) is 0 Å². The summed E-state index contributed by atoms with van der Waals surface area (Å²) in [4.78, 5) is 0. The average molecular weight is 428 g/mol. The van der Waals surface area contributed by atoms with E-state index in [0.29, 0.717) is 3.12 Å². The van der Waals surface area contributed by atoms with Crippen LogP contribution in [0.25, 0.3) is 0 Å². The van der Waals surface area contributed by atoms with E-state index < -0.39 is 21.8 Å². The van der Waals surface area contributed by atoms with Gasteiger partial charge in [-0.3, -0.25) is 0 Å². The van der Waals surface area contributed by atoms with Crippen LogP contribution in [0.3, 0.4) is 0 Å². The molecule has 0 bridgehead atoms. The van der Waals surface area contributed by atoms with Crippen molar-refractivity contribution in [2.75, 3.05) is 0 Å². The molecule has 0 N–H and O–H groups in total. The fourth-order valence-corrected chi connectivity index (χ4v) is 13.9. The Balaban J connectivity index is 0.00000132. The Labute approximate surface area is 161 Å². The fraction of sp³-hybridized carbons (Fsp3) is 0.400. The molecule has 3 aliphatic carbocycles. The predicted octanol–water partition coefficient (Wildman–Crippen LogP) is 0.165. The van der Waals surface area contributed by atoms with Crippen molar-refractivity contribution in [2.45, 2.75) is 50.6 Å². The standard InChI is InChI=1S/C10H15.2C5H5.2ClH.Zr/c1-6-7(2)9(4)10(5)8(6)3;2*1-2-4-5-3-1;;;/h1-5H3;2*1-3H,4H2;2*1H;/q;;;;;+2/p-2. The molecule has 0 fully saturated rings. The zero-order valence-electron chi connectivity index (χ0n) is 14.6. The van der Waals surface area contributed by atoms with Crippen LogP contribution in [0, 0.1) is 0 Å². The minimum Gasteiger partial charge on any atom is -1.00 e.